The summed E-state index contributed by atoms with van der Waals surface area (Å²) in [5, 5.41) is 10.0. The number of carbonyl (C=O) groups excluding carboxylic acids is 1. The van der Waals surface area contributed by atoms with Crippen molar-refractivity contribution in [2.75, 3.05) is 6.54 Å². The summed E-state index contributed by atoms with van der Waals surface area (Å²) >= 11 is 0. The minimum atomic E-state index is -5.08. The summed E-state index contributed by atoms with van der Waals surface area (Å²) in [6, 6.07) is 14.5. The molecule has 0 atom stereocenters. The summed E-state index contributed by atoms with van der Waals surface area (Å²) < 4.78 is 31.7. The molecule has 0 radical (unpaired) electrons. The molecule has 1 aliphatic rings. The largest absolute Gasteiger partial charge is 0.490 e. The summed E-state index contributed by atoms with van der Waals surface area (Å²) in [7, 11) is 0. The van der Waals surface area contributed by atoms with E-state index in [-0.39, 0.29) is 5.91 Å². The van der Waals surface area contributed by atoms with Crippen LogP contribution >= 0.6 is 0 Å². The van der Waals surface area contributed by atoms with Gasteiger partial charge in [-0.3, -0.25) is 9.78 Å². The Balaban J connectivity index is 0.000000360. The van der Waals surface area contributed by atoms with E-state index in [2.05, 4.69) is 59.5 Å². The number of carboxylic acid groups (broad SMARTS) is 1. The smallest absolute Gasteiger partial charge is 0.475 e. The monoisotopic (exact) mass is 445 g/mol. The van der Waals surface area contributed by atoms with E-state index in [1.807, 2.05) is 18.3 Å². The molecule has 1 aliphatic heterocycles. The summed E-state index contributed by atoms with van der Waals surface area (Å²) in [4.78, 5) is 28.8. The van der Waals surface area contributed by atoms with Crippen LogP contribution in [-0.4, -0.2) is 39.7 Å². The van der Waals surface area contributed by atoms with Gasteiger partial charge in [0.1, 0.15) is 0 Å². The van der Waals surface area contributed by atoms with Gasteiger partial charge in [-0.2, -0.15) is 13.2 Å². The number of amides is 1. The fraction of sp³-hybridized carbons (Fsp3) is 0.261. The number of benzene rings is 1. The molecule has 0 spiro atoms. The second kappa shape index (κ2) is 9.25. The van der Waals surface area contributed by atoms with E-state index in [1.54, 1.807) is 0 Å². The fourth-order valence-electron chi connectivity index (χ4n) is 3.26. The van der Waals surface area contributed by atoms with Crippen molar-refractivity contribution < 1.29 is 27.9 Å². The van der Waals surface area contributed by atoms with Gasteiger partial charge in [-0.05, 0) is 35.7 Å². The van der Waals surface area contributed by atoms with E-state index in [9.17, 15) is 18.0 Å². The molecule has 0 unspecified atom stereocenters. The number of aliphatic carboxylic acids is 1. The van der Waals surface area contributed by atoms with E-state index >= 15 is 0 Å². The van der Waals surface area contributed by atoms with Crippen molar-refractivity contribution in [3.05, 3.63) is 65.5 Å². The van der Waals surface area contributed by atoms with Crippen molar-refractivity contribution in [3.63, 3.8) is 0 Å². The van der Waals surface area contributed by atoms with Crippen molar-refractivity contribution in [2.45, 2.75) is 32.4 Å². The molecule has 3 heterocycles. The minimum absolute atomic E-state index is 0.00247. The Kier molecular flexibility index (Phi) is 6.67. The zero-order valence-corrected chi connectivity index (χ0v) is 17.5. The molecular formula is C23H22F3N3O3. The molecule has 0 aliphatic carbocycles. The first-order chi connectivity index (χ1) is 15.1. The van der Waals surface area contributed by atoms with Crippen LogP contribution in [0.25, 0.3) is 22.5 Å². The molecule has 1 aromatic carbocycles. The highest BCUT2D eigenvalue weighted by molar-refractivity contribution is 5.97. The van der Waals surface area contributed by atoms with Crippen molar-refractivity contribution >= 4 is 11.9 Å². The Morgan fingerprint density at radius 1 is 1.12 bits per heavy atom. The summed E-state index contributed by atoms with van der Waals surface area (Å²) in [5.74, 6) is -2.27. The minimum Gasteiger partial charge on any atom is -0.475 e. The number of nitrogens with zero attached hydrogens (tertiary/aromatic N) is 1. The standard InChI is InChI=1S/C21H21N3O.C2HF3O2/c1-13(2)14-4-3-5-15(10-14)19-11-16(6-8-22-19)20-12-17-18(24-20)7-9-23-21(17)25;3-2(4,5)1(6)7/h3-6,8,10-13,24H,7,9H2,1-2H3,(H,23,25);(H,6,7). The Morgan fingerprint density at radius 2 is 1.84 bits per heavy atom. The van der Waals surface area contributed by atoms with Crippen LogP contribution in [0.2, 0.25) is 0 Å². The number of nitrogens with one attached hydrogen (secondary N) is 2. The van der Waals surface area contributed by atoms with Gasteiger partial charge < -0.3 is 15.4 Å². The van der Waals surface area contributed by atoms with Gasteiger partial charge in [0, 0.05) is 41.7 Å². The molecule has 0 saturated carbocycles. The SMILES string of the molecule is CC(C)c1cccc(-c2cc(-c3cc4c([nH]3)CCNC4=O)ccn2)c1.O=C(O)C(F)(F)F. The zero-order chi connectivity index (χ0) is 23.5. The molecule has 6 nitrogen and oxygen atoms in total. The number of fused-ring (bicyclic) bond motifs is 1. The van der Waals surface area contributed by atoms with Gasteiger partial charge in [0.05, 0.1) is 11.3 Å². The quantitative estimate of drug-likeness (QED) is 0.540. The highest BCUT2D eigenvalue weighted by Crippen LogP contribution is 2.28. The predicted molar refractivity (Wildman–Crippen MR) is 113 cm³/mol. The molecule has 168 valence electrons. The lowest BCUT2D eigenvalue weighted by Gasteiger charge is -2.11. The van der Waals surface area contributed by atoms with Crippen molar-refractivity contribution in [1.82, 2.24) is 15.3 Å². The van der Waals surface area contributed by atoms with Gasteiger partial charge in [-0.15, -0.1) is 0 Å². The van der Waals surface area contributed by atoms with E-state index < -0.39 is 12.1 Å². The number of pyridine rings is 1. The number of hydrogen-bond acceptors (Lipinski definition) is 3. The Bertz CT molecular complexity index is 1140. The van der Waals surface area contributed by atoms with Gasteiger partial charge in [-0.25, -0.2) is 4.79 Å². The Morgan fingerprint density at radius 3 is 2.47 bits per heavy atom. The van der Waals surface area contributed by atoms with Gasteiger partial charge in [0.25, 0.3) is 5.91 Å². The van der Waals surface area contributed by atoms with Gasteiger partial charge in [-0.1, -0.05) is 32.0 Å². The summed E-state index contributed by atoms with van der Waals surface area (Å²) in [6.07, 6.45) is -2.41. The number of aromatic amines is 1. The number of carbonyl (C=O) groups is 2. The molecule has 0 saturated heterocycles. The van der Waals surface area contributed by atoms with Crippen molar-refractivity contribution in [1.29, 1.82) is 0 Å². The van der Waals surface area contributed by atoms with Gasteiger partial charge >= 0.3 is 12.1 Å². The maximum Gasteiger partial charge on any atom is 0.490 e. The van der Waals surface area contributed by atoms with Crippen LogP contribution in [-0.2, 0) is 11.2 Å². The molecule has 1 amide bonds. The van der Waals surface area contributed by atoms with Crippen LogP contribution in [0.5, 0.6) is 0 Å². The van der Waals surface area contributed by atoms with E-state index in [1.165, 1.54) is 5.56 Å². The number of aromatic nitrogens is 2. The fourth-order valence-corrected chi connectivity index (χ4v) is 3.26. The number of H-pyrrole nitrogens is 1. The third kappa shape index (κ3) is 5.35. The van der Waals surface area contributed by atoms with Crippen LogP contribution in [0.1, 0.15) is 41.4 Å². The first-order valence-electron chi connectivity index (χ1n) is 9.93. The lowest BCUT2D eigenvalue weighted by molar-refractivity contribution is -0.192. The normalized spacial score (nSPS) is 13.1. The Hall–Kier alpha value is -3.62. The van der Waals surface area contributed by atoms with Crippen LogP contribution in [0, 0.1) is 0 Å². The zero-order valence-electron chi connectivity index (χ0n) is 17.5. The molecule has 3 N–H and O–H groups in total. The maximum atomic E-state index is 12.0. The van der Waals surface area contributed by atoms with E-state index in [0.717, 1.165) is 40.2 Å². The molecule has 9 heteroatoms. The molecular weight excluding hydrogens is 423 g/mol. The molecule has 4 rings (SSSR count). The molecule has 0 fully saturated rings. The molecule has 2 aromatic heterocycles. The average Bonchev–Trinajstić information content (AvgIpc) is 3.20. The lowest BCUT2D eigenvalue weighted by Crippen LogP contribution is -2.31. The van der Waals surface area contributed by atoms with Crippen molar-refractivity contribution in [3.8, 4) is 22.5 Å². The predicted octanol–water partition coefficient (Wildman–Crippen LogP) is 4.79. The van der Waals surface area contributed by atoms with Crippen LogP contribution in [0.15, 0.2) is 48.7 Å². The highest BCUT2D eigenvalue weighted by atomic mass is 19.4. The number of halogens is 3. The van der Waals surface area contributed by atoms with Crippen LogP contribution in [0.3, 0.4) is 0 Å². The number of rotatable bonds is 3. The number of alkyl halides is 3. The third-order valence-corrected chi connectivity index (χ3v) is 4.97. The van der Waals surface area contributed by atoms with E-state index in [0.29, 0.717) is 12.5 Å². The second-order valence-electron chi connectivity index (χ2n) is 7.59. The van der Waals surface area contributed by atoms with Crippen molar-refractivity contribution in [2.24, 2.45) is 0 Å². The summed E-state index contributed by atoms with van der Waals surface area (Å²) in [5.41, 5.74) is 7.13. The van der Waals surface area contributed by atoms with Gasteiger partial charge in [0.2, 0.25) is 0 Å². The second-order valence-corrected chi connectivity index (χ2v) is 7.59. The first-order valence-corrected chi connectivity index (χ1v) is 9.93. The first kappa shape index (κ1) is 23.1. The highest BCUT2D eigenvalue weighted by Gasteiger charge is 2.38. The topological polar surface area (TPSA) is 95.1 Å². The van der Waals surface area contributed by atoms with Crippen LogP contribution < -0.4 is 5.32 Å². The number of carboxylic acids is 1. The third-order valence-electron chi connectivity index (χ3n) is 4.97. The van der Waals surface area contributed by atoms with E-state index in [4.69, 9.17) is 9.90 Å². The molecule has 32 heavy (non-hydrogen) atoms. The van der Waals surface area contributed by atoms with Gasteiger partial charge in [0.15, 0.2) is 0 Å². The summed E-state index contributed by atoms with van der Waals surface area (Å²) in [6.45, 7) is 5.07. The Labute approximate surface area is 182 Å². The average molecular weight is 445 g/mol. The van der Waals surface area contributed by atoms with Crippen LogP contribution in [0.4, 0.5) is 13.2 Å². The molecule has 0 bridgehead atoms. The molecule has 3 aromatic rings. The maximum absolute atomic E-state index is 12.0. The number of hydrogen-bond donors (Lipinski definition) is 3. The lowest BCUT2D eigenvalue weighted by atomic mass is 9.99.